The van der Waals surface area contributed by atoms with E-state index in [4.69, 9.17) is 16.3 Å². The monoisotopic (exact) mass is 371 g/mol. The average molecular weight is 372 g/mol. The molecule has 0 aliphatic carbocycles. The minimum absolute atomic E-state index is 0.303. The Balaban J connectivity index is 1.42. The molecule has 0 aromatic heterocycles. The van der Waals surface area contributed by atoms with Crippen LogP contribution in [0.1, 0.15) is 0 Å². The number of amides is 2. The van der Waals surface area contributed by atoms with Gasteiger partial charge in [-0.1, -0.05) is 29.8 Å². The number of anilines is 2. The number of benzene rings is 2. The first-order chi connectivity index (χ1) is 12.6. The molecule has 1 atom stereocenters. The highest BCUT2D eigenvalue weighted by Crippen LogP contribution is 2.29. The molecule has 2 aliphatic rings. The molecule has 134 valence electrons. The second-order valence-electron chi connectivity index (χ2n) is 6.28. The van der Waals surface area contributed by atoms with Crippen LogP contribution in [-0.4, -0.2) is 49.0 Å². The maximum absolute atomic E-state index is 12.8. The molecular weight excluding hydrogens is 354 g/mol. The summed E-state index contributed by atoms with van der Waals surface area (Å²) in [6.07, 6.45) is -1.14. The van der Waals surface area contributed by atoms with Gasteiger partial charge >= 0.3 is 0 Å². The molecule has 1 N–H and O–H groups in total. The van der Waals surface area contributed by atoms with Gasteiger partial charge in [-0.15, -0.1) is 0 Å². The lowest BCUT2D eigenvalue weighted by Gasteiger charge is -2.38. The molecule has 1 saturated heterocycles. The van der Waals surface area contributed by atoms with Crippen molar-refractivity contribution >= 4 is 34.8 Å². The third-order valence-corrected chi connectivity index (χ3v) is 4.85. The van der Waals surface area contributed by atoms with E-state index < -0.39 is 12.0 Å². The van der Waals surface area contributed by atoms with Gasteiger partial charge in [-0.05, 0) is 30.3 Å². The van der Waals surface area contributed by atoms with E-state index in [-0.39, 0.29) is 5.91 Å². The Hall–Kier alpha value is -2.73. The summed E-state index contributed by atoms with van der Waals surface area (Å²) in [7, 11) is 0. The van der Waals surface area contributed by atoms with E-state index in [2.05, 4.69) is 10.2 Å². The number of halogens is 1. The van der Waals surface area contributed by atoms with Crippen molar-refractivity contribution in [2.24, 2.45) is 0 Å². The molecule has 0 unspecified atom stereocenters. The predicted molar refractivity (Wildman–Crippen MR) is 99.7 cm³/mol. The Morgan fingerprint density at radius 2 is 1.85 bits per heavy atom. The highest BCUT2D eigenvalue weighted by Gasteiger charge is 2.37. The number of carbonyl (C=O) groups excluding carboxylic acids is 2. The summed E-state index contributed by atoms with van der Waals surface area (Å²) < 4.78 is 5.65. The number of fused-ring (bicyclic) bond motifs is 1. The maximum Gasteiger partial charge on any atom is 0.275 e. The number of piperazine rings is 1. The smallest absolute Gasteiger partial charge is 0.275 e. The predicted octanol–water partition coefficient (Wildman–Crippen LogP) is 2.39. The van der Waals surface area contributed by atoms with Crippen LogP contribution < -0.4 is 15.0 Å². The summed E-state index contributed by atoms with van der Waals surface area (Å²) in [5.41, 5.74) is 1.62. The van der Waals surface area contributed by atoms with Crippen LogP contribution in [0.3, 0.4) is 0 Å². The minimum Gasteiger partial charge on any atom is -0.468 e. The van der Waals surface area contributed by atoms with E-state index in [0.29, 0.717) is 42.6 Å². The van der Waals surface area contributed by atoms with Crippen LogP contribution in [0.15, 0.2) is 48.5 Å². The second kappa shape index (κ2) is 6.88. The fourth-order valence-electron chi connectivity index (χ4n) is 3.24. The number of rotatable bonds is 2. The van der Waals surface area contributed by atoms with Gasteiger partial charge in [0.05, 0.1) is 5.69 Å². The highest BCUT2D eigenvalue weighted by molar-refractivity contribution is 6.30. The zero-order valence-electron chi connectivity index (χ0n) is 14.0. The summed E-state index contributed by atoms with van der Waals surface area (Å²) in [6.45, 7) is 2.41. The van der Waals surface area contributed by atoms with Crippen LogP contribution in [-0.2, 0) is 9.59 Å². The molecule has 2 amide bonds. The minimum atomic E-state index is -1.14. The highest BCUT2D eigenvalue weighted by atomic mass is 35.5. The van der Waals surface area contributed by atoms with Crippen molar-refractivity contribution in [2.45, 2.75) is 6.10 Å². The van der Waals surface area contributed by atoms with Crippen molar-refractivity contribution in [3.63, 3.8) is 0 Å². The molecule has 0 saturated carbocycles. The summed E-state index contributed by atoms with van der Waals surface area (Å²) in [6, 6.07) is 14.8. The molecule has 2 heterocycles. The molecule has 2 aromatic carbocycles. The molecule has 0 spiro atoms. The largest absolute Gasteiger partial charge is 0.468 e. The molecule has 26 heavy (non-hydrogen) atoms. The number of nitrogens with zero attached hydrogens (tertiary/aromatic N) is 2. The van der Waals surface area contributed by atoms with Crippen LogP contribution in [0.2, 0.25) is 5.02 Å². The molecular formula is C19H18ClN3O3. The average Bonchev–Trinajstić information content (AvgIpc) is 2.67. The zero-order chi connectivity index (χ0) is 18.1. The Labute approximate surface area is 156 Å². The van der Waals surface area contributed by atoms with Gasteiger partial charge < -0.3 is 19.9 Å². The van der Waals surface area contributed by atoms with E-state index in [1.807, 2.05) is 30.3 Å². The van der Waals surface area contributed by atoms with Gasteiger partial charge in [0.2, 0.25) is 0 Å². The normalized spacial score (nSPS) is 19.4. The zero-order valence-corrected chi connectivity index (χ0v) is 14.8. The van der Waals surface area contributed by atoms with Gasteiger partial charge in [0, 0.05) is 36.9 Å². The van der Waals surface area contributed by atoms with E-state index in [1.54, 1.807) is 23.1 Å². The first-order valence-corrected chi connectivity index (χ1v) is 8.85. The molecule has 4 rings (SSSR count). The van der Waals surface area contributed by atoms with Crippen LogP contribution in [0.5, 0.6) is 5.75 Å². The Bertz CT molecular complexity index is 849. The van der Waals surface area contributed by atoms with Gasteiger partial charge in [-0.3, -0.25) is 9.59 Å². The number of para-hydroxylation sites is 2. The van der Waals surface area contributed by atoms with Crippen LogP contribution >= 0.6 is 11.6 Å². The van der Waals surface area contributed by atoms with Crippen molar-refractivity contribution < 1.29 is 14.3 Å². The Morgan fingerprint density at radius 3 is 2.62 bits per heavy atom. The van der Waals surface area contributed by atoms with Gasteiger partial charge in [-0.25, -0.2) is 0 Å². The number of nitrogens with one attached hydrogen (secondary N) is 1. The topological polar surface area (TPSA) is 61.9 Å². The second-order valence-corrected chi connectivity index (χ2v) is 6.71. The summed E-state index contributed by atoms with van der Waals surface area (Å²) >= 11 is 6.05. The quantitative estimate of drug-likeness (QED) is 0.823. The van der Waals surface area contributed by atoms with Crippen molar-refractivity contribution in [1.82, 2.24) is 4.90 Å². The first kappa shape index (κ1) is 16.7. The maximum atomic E-state index is 12.8. The van der Waals surface area contributed by atoms with Gasteiger partial charge in [0.25, 0.3) is 17.9 Å². The van der Waals surface area contributed by atoms with E-state index >= 15 is 0 Å². The summed E-state index contributed by atoms with van der Waals surface area (Å²) in [4.78, 5) is 28.9. The van der Waals surface area contributed by atoms with Crippen molar-refractivity contribution in [2.75, 3.05) is 36.4 Å². The lowest BCUT2D eigenvalue weighted by Crippen LogP contribution is -2.55. The molecule has 2 aliphatic heterocycles. The number of carbonyl (C=O) groups is 2. The van der Waals surface area contributed by atoms with Gasteiger partial charge in [0.15, 0.2) is 0 Å². The number of ether oxygens (including phenoxy) is 1. The fraction of sp³-hybridized carbons (Fsp3) is 0.263. The molecule has 2 aromatic rings. The third-order valence-electron chi connectivity index (χ3n) is 4.62. The Kier molecular flexibility index (Phi) is 4.42. The first-order valence-electron chi connectivity index (χ1n) is 8.48. The SMILES string of the molecule is O=C1Nc2ccccc2O[C@@H]1C(=O)N1CCN(c2cccc(Cl)c2)CC1. The van der Waals surface area contributed by atoms with Crippen LogP contribution in [0, 0.1) is 0 Å². The van der Waals surface area contributed by atoms with E-state index in [9.17, 15) is 9.59 Å². The third kappa shape index (κ3) is 3.20. The van der Waals surface area contributed by atoms with Gasteiger partial charge in [0.1, 0.15) is 5.75 Å². The number of hydrogen-bond donors (Lipinski definition) is 1. The van der Waals surface area contributed by atoms with Gasteiger partial charge in [-0.2, -0.15) is 0 Å². The lowest BCUT2D eigenvalue weighted by atomic mass is 10.1. The Morgan fingerprint density at radius 1 is 1.08 bits per heavy atom. The standard InChI is InChI=1S/C19H18ClN3O3/c20-13-4-3-5-14(12-13)22-8-10-23(11-9-22)19(25)17-18(24)21-15-6-1-2-7-16(15)26-17/h1-7,12,17H,8-11H2,(H,21,24)/t17-/m0/s1. The van der Waals surface area contributed by atoms with E-state index in [0.717, 1.165) is 5.69 Å². The molecule has 0 radical (unpaired) electrons. The number of hydrogen-bond acceptors (Lipinski definition) is 4. The molecule has 6 nitrogen and oxygen atoms in total. The van der Waals surface area contributed by atoms with Crippen LogP contribution in [0.25, 0.3) is 0 Å². The van der Waals surface area contributed by atoms with Crippen molar-refractivity contribution in [1.29, 1.82) is 0 Å². The summed E-state index contributed by atoms with van der Waals surface area (Å²) in [5.74, 6) is -0.211. The van der Waals surface area contributed by atoms with Crippen LogP contribution in [0.4, 0.5) is 11.4 Å². The fourth-order valence-corrected chi connectivity index (χ4v) is 3.42. The van der Waals surface area contributed by atoms with Crippen molar-refractivity contribution in [3.8, 4) is 5.75 Å². The molecule has 7 heteroatoms. The van der Waals surface area contributed by atoms with Crippen molar-refractivity contribution in [3.05, 3.63) is 53.6 Å². The molecule has 0 bridgehead atoms. The molecule has 1 fully saturated rings. The van der Waals surface area contributed by atoms with E-state index in [1.165, 1.54) is 0 Å². The summed E-state index contributed by atoms with van der Waals surface area (Å²) in [5, 5.41) is 3.42. The lowest BCUT2D eigenvalue weighted by molar-refractivity contribution is -0.145.